The van der Waals surface area contributed by atoms with Gasteiger partial charge in [0.15, 0.2) is 6.61 Å². The maximum absolute atomic E-state index is 12.8. The van der Waals surface area contributed by atoms with E-state index >= 15 is 0 Å². The van der Waals surface area contributed by atoms with Crippen molar-refractivity contribution in [1.29, 1.82) is 0 Å². The summed E-state index contributed by atoms with van der Waals surface area (Å²) in [6.45, 7) is 6.06. The molecule has 0 radical (unpaired) electrons. The Morgan fingerprint density at radius 1 is 1.03 bits per heavy atom. The third-order valence-corrected chi connectivity index (χ3v) is 5.31. The second-order valence-electron chi connectivity index (χ2n) is 8.06. The van der Waals surface area contributed by atoms with E-state index < -0.39 is 23.8 Å². The summed E-state index contributed by atoms with van der Waals surface area (Å²) in [5.41, 5.74) is 1.69. The summed E-state index contributed by atoms with van der Waals surface area (Å²) in [6, 6.07) is 10.5. The van der Waals surface area contributed by atoms with Gasteiger partial charge in [-0.2, -0.15) is 0 Å². The molecule has 0 bridgehead atoms. The minimum atomic E-state index is -0.997. The second kappa shape index (κ2) is 7.86. The Bertz CT molecular complexity index is 1060. The molecule has 0 fully saturated rings. The van der Waals surface area contributed by atoms with Crippen LogP contribution in [0.1, 0.15) is 41.5 Å². The molecule has 4 amide bonds. The van der Waals surface area contributed by atoms with Crippen molar-refractivity contribution in [3.05, 3.63) is 53.6 Å². The van der Waals surface area contributed by atoms with E-state index in [-0.39, 0.29) is 18.4 Å². The van der Waals surface area contributed by atoms with E-state index in [1.165, 1.54) is 6.92 Å². The van der Waals surface area contributed by atoms with E-state index in [2.05, 4.69) is 5.32 Å². The van der Waals surface area contributed by atoms with Crippen LogP contribution in [-0.2, 0) is 9.59 Å². The van der Waals surface area contributed by atoms with Gasteiger partial charge in [-0.1, -0.05) is 26.0 Å². The molecular weight excluding hydrogens is 398 g/mol. The zero-order valence-corrected chi connectivity index (χ0v) is 17.5. The molecule has 0 aliphatic carbocycles. The highest BCUT2D eigenvalue weighted by molar-refractivity contribution is 6.23. The molecule has 0 saturated heterocycles. The van der Waals surface area contributed by atoms with Crippen molar-refractivity contribution in [2.75, 3.05) is 23.4 Å². The first-order valence-electron chi connectivity index (χ1n) is 10.1. The van der Waals surface area contributed by atoms with Crippen LogP contribution in [-0.4, -0.2) is 47.7 Å². The summed E-state index contributed by atoms with van der Waals surface area (Å²) < 4.78 is 5.55. The van der Waals surface area contributed by atoms with Gasteiger partial charge in [0, 0.05) is 18.3 Å². The van der Waals surface area contributed by atoms with Crippen molar-refractivity contribution in [3.8, 4) is 5.75 Å². The second-order valence-corrected chi connectivity index (χ2v) is 8.06. The summed E-state index contributed by atoms with van der Waals surface area (Å²) in [5.74, 6) is -0.807. The predicted molar refractivity (Wildman–Crippen MR) is 114 cm³/mol. The molecule has 2 aliphatic heterocycles. The summed E-state index contributed by atoms with van der Waals surface area (Å²) >= 11 is 0. The third kappa shape index (κ3) is 3.65. The van der Waals surface area contributed by atoms with Crippen LogP contribution >= 0.6 is 0 Å². The normalized spacial score (nSPS) is 16.2. The van der Waals surface area contributed by atoms with E-state index in [1.54, 1.807) is 47.4 Å². The van der Waals surface area contributed by atoms with Crippen LogP contribution in [0.5, 0.6) is 5.75 Å². The van der Waals surface area contributed by atoms with E-state index in [0.717, 1.165) is 4.90 Å². The largest absolute Gasteiger partial charge is 0.481 e. The highest BCUT2D eigenvalue weighted by Crippen LogP contribution is 2.35. The Labute approximate surface area is 179 Å². The average Bonchev–Trinajstić information content (AvgIpc) is 3.00. The quantitative estimate of drug-likeness (QED) is 0.749. The Hall–Kier alpha value is -3.68. The van der Waals surface area contributed by atoms with Gasteiger partial charge in [0.1, 0.15) is 11.8 Å². The standard InChI is InChI=1S/C23H23N3O5/c1-13(2)11-25-18-9-8-15(10-19(18)31-12-20(25)27)24-21(28)14(3)26-22(29)16-6-4-5-7-17(16)23(26)30/h4-10,13-14H,11-12H2,1-3H3,(H,24,28). The van der Waals surface area contributed by atoms with Gasteiger partial charge in [0.05, 0.1) is 16.8 Å². The molecule has 0 saturated carbocycles. The molecule has 1 N–H and O–H groups in total. The molecule has 0 aromatic heterocycles. The summed E-state index contributed by atoms with van der Waals surface area (Å²) in [4.78, 5) is 52.9. The molecule has 1 atom stereocenters. The van der Waals surface area contributed by atoms with Crippen molar-refractivity contribution < 1.29 is 23.9 Å². The fraction of sp³-hybridized carbons (Fsp3) is 0.304. The number of fused-ring (bicyclic) bond motifs is 2. The van der Waals surface area contributed by atoms with Gasteiger partial charge in [-0.3, -0.25) is 24.1 Å². The van der Waals surface area contributed by atoms with Crippen molar-refractivity contribution >= 4 is 35.0 Å². The lowest BCUT2D eigenvalue weighted by Gasteiger charge is -2.31. The van der Waals surface area contributed by atoms with Crippen LogP contribution in [0.3, 0.4) is 0 Å². The first-order valence-corrected chi connectivity index (χ1v) is 10.1. The van der Waals surface area contributed by atoms with Crippen molar-refractivity contribution in [1.82, 2.24) is 4.90 Å². The van der Waals surface area contributed by atoms with Gasteiger partial charge in [-0.25, -0.2) is 0 Å². The molecule has 2 aromatic carbocycles. The molecular formula is C23H23N3O5. The van der Waals surface area contributed by atoms with Crippen LogP contribution in [0.25, 0.3) is 0 Å². The van der Waals surface area contributed by atoms with E-state index in [4.69, 9.17) is 4.74 Å². The first kappa shape index (κ1) is 20.6. The Morgan fingerprint density at radius 2 is 1.68 bits per heavy atom. The maximum atomic E-state index is 12.8. The van der Waals surface area contributed by atoms with Crippen LogP contribution < -0.4 is 15.0 Å². The topological polar surface area (TPSA) is 96.0 Å². The molecule has 160 valence electrons. The lowest BCUT2D eigenvalue weighted by Crippen LogP contribution is -2.45. The fourth-order valence-electron chi connectivity index (χ4n) is 3.77. The molecule has 1 unspecified atom stereocenters. The summed E-state index contributed by atoms with van der Waals surface area (Å²) in [7, 11) is 0. The molecule has 8 heteroatoms. The van der Waals surface area contributed by atoms with Gasteiger partial charge >= 0.3 is 0 Å². The van der Waals surface area contributed by atoms with Crippen molar-refractivity contribution in [2.45, 2.75) is 26.8 Å². The minimum Gasteiger partial charge on any atom is -0.481 e. The molecule has 2 aliphatic rings. The van der Waals surface area contributed by atoms with E-state index in [0.29, 0.717) is 34.8 Å². The monoisotopic (exact) mass is 421 g/mol. The Balaban J connectivity index is 1.51. The van der Waals surface area contributed by atoms with Crippen LogP contribution in [0.4, 0.5) is 11.4 Å². The number of nitrogens with zero attached hydrogens (tertiary/aromatic N) is 2. The number of hydrogen-bond donors (Lipinski definition) is 1. The number of imide groups is 1. The maximum Gasteiger partial charge on any atom is 0.265 e. The number of anilines is 2. The average molecular weight is 421 g/mol. The Kier molecular flexibility index (Phi) is 5.22. The minimum absolute atomic E-state index is 0.0669. The lowest BCUT2D eigenvalue weighted by atomic mass is 10.1. The molecule has 4 rings (SSSR count). The number of nitrogens with one attached hydrogen (secondary N) is 1. The number of carbonyl (C=O) groups excluding carboxylic acids is 4. The van der Waals surface area contributed by atoms with Gasteiger partial charge in [-0.15, -0.1) is 0 Å². The SMILES string of the molecule is CC(C)CN1C(=O)COc2cc(NC(=O)C(C)N3C(=O)c4ccccc4C3=O)ccc21. The summed E-state index contributed by atoms with van der Waals surface area (Å²) in [6.07, 6.45) is 0. The van der Waals surface area contributed by atoms with Crippen LogP contribution in [0, 0.1) is 5.92 Å². The number of carbonyl (C=O) groups is 4. The number of hydrogen-bond acceptors (Lipinski definition) is 5. The first-order chi connectivity index (χ1) is 14.8. The van der Waals surface area contributed by atoms with E-state index in [9.17, 15) is 19.2 Å². The third-order valence-electron chi connectivity index (χ3n) is 5.31. The van der Waals surface area contributed by atoms with Gasteiger partial charge in [-0.05, 0) is 37.1 Å². The fourth-order valence-corrected chi connectivity index (χ4v) is 3.77. The van der Waals surface area contributed by atoms with Crippen molar-refractivity contribution in [3.63, 3.8) is 0 Å². The van der Waals surface area contributed by atoms with Gasteiger partial charge in [0.2, 0.25) is 5.91 Å². The molecule has 2 heterocycles. The van der Waals surface area contributed by atoms with Crippen LogP contribution in [0.2, 0.25) is 0 Å². The molecule has 8 nitrogen and oxygen atoms in total. The molecule has 31 heavy (non-hydrogen) atoms. The highest BCUT2D eigenvalue weighted by Gasteiger charge is 2.40. The zero-order valence-electron chi connectivity index (χ0n) is 17.5. The van der Waals surface area contributed by atoms with Crippen LogP contribution in [0.15, 0.2) is 42.5 Å². The molecule has 2 aromatic rings. The van der Waals surface area contributed by atoms with Crippen molar-refractivity contribution in [2.24, 2.45) is 5.92 Å². The number of amides is 4. The van der Waals surface area contributed by atoms with Gasteiger partial charge < -0.3 is 15.0 Å². The van der Waals surface area contributed by atoms with Gasteiger partial charge in [0.25, 0.3) is 17.7 Å². The number of benzene rings is 2. The predicted octanol–water partition coefficient (Wildman–Crippen LogP) is 2.69. The Morgan fingerprint density at radius 3 is 2.29 bits per heavy atom. The number of rotatable bonds is 5. The lowest BCUT2D eigenvalue weighted by molar-refractivity contribution is -0.121. The summed E-state index contributed by atoms with van der Waals surface area (Å²) in [5, 5.41) is 2.73. The zero-order chi connectivity index (χ0) is 22.3. The van der Waals surface area contributed by atoms with E-state index in [1.807, 2.05) is 13.8 Å². The highest BCUT2D eigenvalue weighted by atomic mass is 16.5. The number of ether oxygens (including phenoxy) is 1. The smallest absolute Gasteiger partial charge is 0.265 e. The molecule has 0 spiro atoms.